The lowest BCUT2D eigenvalue weighted by atomic mass is 10.1. The molecule has 0 spiro atoms. The van der Waals surface area contributed by atoms with Gasteiger partial charge in [0.2, 0.25) is 0 Å². The molecule has 1 unspecified atom stereocenters. The maximum absolute atomic E-state index is 10.1. The van der Waals surface area contributed by atoms with Crippen molar-refractivity contribution in [3.63, 3.8) is 0 Å². The predicted octanol–water partition coefficient (Wildman–Crippen LogP) is 4.74. The topological polar surface area (TPSA) is 20.2 Å². The summed E-state index contributed by atoms with van der Waals surface area (Å²) in [7, 11) is 0. The summed E-state index contributed by atoms with van der Waals surface area (Å²) in [6, 6.07) is 17.6. The predicted molar refractivity (Wildman–Crippen MR) is 82.7 cm³/mol. The Kier molecular flexibility index (Phi) is 4.75. The number of aliphatic hydroxyl groups excluding tert-OH is 1. The first-order chi connectivity index (χ1) is 9.16. The normalized spacial score (nSPS) is 11.5. The third-order valence-electron chi connectivity index (χ3n) is 2.88. The molecule has 2 aromatic carbocycles. The highest BCUT2D eigenvalue weighted by Crippen LogP contribution is 2.18. The van der Waals surface area contributed by atoms with E-state index in [2.05, 4.69) is 21.7 Å². The molecular weight excluding hydrogens is 300 g/mol. The smallest absolute Gasteiger partial charge is 0.104 e. The highest BCUT2D eigenvalue weighted by Gasteiger charge is 2.02. The van der Waals surface area contributed by atoms with Gasteiger partial charge in [-0.15, -0.1) is 5.73 Å². The van der Waals surface area contributed by atoms with E-state index in [0.717, 1.165) is 21.2 Å². The molecule has 0 bridgehead atoms. The Balaban J connectivity index is 2.20. The molecule has 0 fully saturated rings. The molecule has 2 aromatic rings. The average molecular weight is 315 g/mol. The number of hydrogen-bond donors (Lipinski definition) is 1. The molecule has 0 saturated heterocycles. The van der Waals surface area contributed by atoms with Crippen LogP contribution in [-0.2, 0) is 0 Å². The molecule has 96 valence electrons. The zero-order chi connectivity index (χ0) is 13.7. The van der Waals surface area contributed by atoms with Gasteiger partial charge in [0.1, 0.15) is 6.10 Å². The second-order valence-corrected chi connectivity index (χ2v) is 5.21. The molecule has 0 saturated carbocycles. The molecule has 19 heavy (non-hydrogen) atoms. The number of aliphatic hydroxyl groups is 1. The van der Waals surface area contributed by atoms with Crippen molar-refractivity contribution >= 4 is 21.5 Å². The van der Waals surface area contributed by atoms with Crippen LogP contribution in [0.1, 0.15) is 24.2 Å². The van der Waals surface area contributed by atoms with Crippen LogP contribution in [0.3, 0.4) is 0 Å². The van der Waals surface area contributed by atoms with E-state index in [0.29, 0.717) is 0 Å². The number of halogens is 1. The lowest BCUT2D eigenvalue weighted by molar-refractivity contribution is 0.229. The highest BCUT2D eigenvalue weighted by molar-refractivity contribution is 9.10. The van der Waals surface area contributed by atoms with E-state index in [1.54, 1.807) is 6.08 Å². The molecule has 0 aliphatic heterocycles. The fourth-order valence-corrected chi connectivity index (χ4v) is 2.00. The van der Waals surface area contributed by atoms with Crippen LogP contribution in [0.2, 0.25) is 0 Å². The highest BCUT2D eigenvalue weighted by atomic mass is 79.9. The van der Waals surface area contributed by atoms with E-state index in [1.165, 1.54) is 0 Å². The number of benzene rings is 2. The summed E-state index contributed by atoms with van der Waals surface area (Å²) in [6.45, 7) is 1.99. The van der Waals surface area contributed by atoms with Crippen molar-refractivity contribution in [3.05, 3.63) is 82.0 Å². The summed E-state index contributed by atoms with van der Waals surface area (Å²) in [5, 5.41) is 10.1. The minimum Gasteiger partial charge on any atom is -0.384 e. The van der Waals surface area contributed by atoms with Crippen LogP contribution < -0.4 is 0 Å². The van der Waals surface area contributed by atoms with Gasteiger partial charge in [-0.25, -0.2) is 0 Å². The molecule has 0 aromatic heterocycles. The van der Waals surface area contributed by atoms with E-state index in [-0.39, 0.29) is 0 Å². The van der Waals surface area contributed by atoms with E-state index >= 15 is 0 Å². The van der Waals surface area contributed by atoms with Gasteiger partial charge in [-0.1, -0.05) is 58.4 Å². The van der Waals surface area contributed by atoms with E-state index < -0.39 is 6.10 Å². The van der Waals surface area contributed by atoms with Gasteiger partial charge in [0.25, 0.3) is 0 Å². The Hall–Kier alpha value is -1.60. The second kappa shape index (κ2) is 6.53. The lowest BCUT2D eigenvalue weighted by Crippen LogP contribution is -1.91. The van der Waals surface area contributed by atoms with E-state index in [1.807, 2.05) is 61.5 Å². The van der Waals surface area contributed by atoms with Crippen LogP contribution in [-0.4, -0.2) is 5.11 Å². The Labute approximate surface area is 122 Å². The Morgan fingerprint density at radius 2 is 1.74 bits per heavy atom. The van der Waals surface area contributed by atoms with Crippen molar-refractivity contribution in [2.75, 3.05) is 0 Å². The molecule has 0 radical (unpaired) electrons. The average Bonchev–Trinajstić information content (AvgIpc) is 2.46. The van der Waals surface area contributed by atoms with Gasteiger partial charge in [0, 0.05) is 4.47 Å². The van der Waals surface area contributed by atoms with Gasteiger partial charge in [-0.2, -0.15) is 0 Å². The minimum absolute atomic E-state index is 0.633. The summed E-state index contributed by atoms with van der Waals surface area (Å²) >= 11 is 3.38. The SMILES string of the molecule is CC(=C=CC(O)c1ccc(Br)cc1)c1ccccc1. The van der Waals surface area contributed by atoms with Crippen LogP contribution in [0.5, 0.6) is 0 Å². The summed E-state index contributed by atoms with van der Waals surface area (Å²) in [4.78, 5) is 0. The largest absolute Gasteiger partial charge is 0.384 e. The number of rotatable bonds is 3. The zero-order valence-electron chi connectivity index (χ0n) is 10.7. The molecule has 0 aliphatic carbocycles. The van der Waals surface area contributed by atoms with Gasteiger partial charge in [0.05, 0.1) is 0 Å². The molecule has 1 atom stereocenters. The Morgan fingerprint density at radius 3 is 2.37 bits per heavy atom. The Bertz CT molecular complexity index is 593. The molecule has 0 aliphatic rings. The van der Waals surface area contributed by atoms with Crippen molar-refractivity contribution in [1.82, 2.24) is 0 Å². The fraction of sp³-hybridized carbons (Fsp3) is 0.118. The van der Waals surface area contributed by atoms with Gasteiger partial charge in [0.15, 0.2) is 0 Å². The standard InChI is InChI=1S/C17H15BrO/c1-13(14-5-3-2-4-6-14)7-12-17(19)15-8-10-16(18)11-9-15/h2-6,8-12,17,19H,1H3. The molecule has 1 N–H and O–H groups in total. The van der Waals surface area contributed by atoms with Crippen molar-refractivity contribution in [1.29, 1.82) is 0 Å². The van der Waals surface area contributed by atoms with Gasteiger partial charge >= 0.3 is 0 Å². The molecule has 2 heteroatoms. The maximum Gasteiger partial charge on any atom is 0.104 e. The maximum atomic E-state index is 10.1. The fourth-order valence-electron chi connectivity index (χ4n) is 1.73. The lowest BCUT2D eigenvalue weighted by Gasteiger charge is -2.04. The monoisotopic (exact) mass is 314 g/mol. The summed E-state index contributed by atoms with van der Waals surface area (Å²) in [5.41, 5.74) is 6.12. The van der Waals surface area contributed by atoms with Gasteiger partial charge in [-0.05, 0) is 41.8 Å². The molecule has 1 nitrogen and oxygen atoms in total. The van der Waals surface area contributed by atoms with Crippen LogP contribution in [0.4, 0.5) is 0 Å². The number of hydrogen-bond acceptors (Lipinski definition) is 1. The minimum atomic E-state index is -0.633. The van der Waals surface area contributed by atoms with E-state index in [4.69, 9.17) is 0 Å². The van der Waals surface area contributed by atoms with Crippen LogP contribution in [0.15, 0.2) is 70.9 Å². The van der Waals surface area contributed by atoms with Crippen LogP contribution in [0, 0.1) is 0 Å². The van der Waals surface area contributed by atoms with Crippen LogP contribution in [0.25, 0.3) is 5.57 Å². The first-order valence-corrected chi connectivity index (χ1v) is 6.88. The van der Waals surface area contributed by atoms with Crippen LogP contribution >= 0.6 is 15.9 Å². The third kappa shape index (κ3) is 3.93. The van der Waals surface area contributed by atoms with Crippen molar-refractivity contribution in [2.24, 2.45) is 0 Å². The first kappa shape index (κ1) is 13.8. The molecule has 0 heterocycles. The molecular formula is C17H15BrO. The summed E-state index contributed by atoms with van der Waals surface area (Å²) < 4.78 is 1.00. The van der Waals surface area contributed by atoms with Crippen molar-refractivity contribution in [2.45, 2.75) is 13.0 Å². The van der Waals surface area contributed by atoms with Crippen molar-refractivity contribution in [3.8, 4) is 0 Å². The van der Waals surface area contributed by atoms with Gasteiger partial charge in [-0.3, -0.25) is 0 Å². The molecule has 0 amide bonds. The quantitative estimate of drug-likeness (QED) is 0.811. The summed E-state index contributed by atoms with van der Waals surface area (Å²) in [6.07, 6.45) is 1.05. The first-order valence-electron chi connectivity index (χ1n) is 6.09. The second-order valence-electron chi connectivity index (χ2n) is 4.30. The van der Waals surface area contributed by atoms with Crippen molar-refractivity contribution < 1.29 is 5.11 Å². The third-order valence-corrected chi connectivity index (χ3v) is 3.40. The van der Waals surface area contributed by atoms with Gasteiger partial charge < -0.3 is 5.11 Å². The molecule has 2 rings (SSSR count). The van der Waals surface area contributed by atoms with E-state index in [9.17, 15) is 5.11 Å². The summed E-state index contributed by atoms with van der Waals surface area (Å²) in [5.74, 6) is 0. The Morgan fingerprint density at radius 1 is 1.11 bits per heavy atom. The zero-order valence-corrected chi connectivity index (χ0v) is 12.3.